The molecule has 2 bridgehead atoms. The van der Waals surface area contributed by atoms with Gasteiger partial charge in [0.2, 0.25) is 0 Å². The number of fused-ring (bicyclic) bond motifs is 2. The van der Waals surface area contributed by atoms with Gasteiger partial charge >= 0.3 is 5.97 Å². The van der Waals surface area contributed by atoms with Gasteiger partial charge in [-0.1, -0.05) is 0 Å². The Morgan fingerprint density at radius 1 is 1.58 bits per heavy atom. The Morgan fingerprint density at radius 2 is 2.33 bits per heavy atom. The number of nitrogens with zero attached hydrogens (tertiary/aromatic N) is 1. The lowest BCUT2D eigenvalue weighted by Crippen LogP contribution is -2.43. The van der Waals surface area contributed by atoms with Crippen molar-refractivity contribution in [2.75, 3.05) is 13.1 Å². The quantitative estimate of drug-likeness (QED) is 0.635. The van der Waals surface area contributed by atoms with E-state index >= 15 is 0 Å². The fourth-order valence-corrected chi connectivity index (χ4v) is 2.43. The van der Waals surface area contributed by atoms with Crippen molar-refractivity contribution < 1.29 is 9.90 Å². The Labute approximate surface area is 72.4 Å². The van der Waals surface area contributed by atoms with Crippen LogP contribution in [0.4, 0.5) is 0 Å². The van der Waals surface area contributed by atoms with Crippen LogP contribution >= 0.6 is 0 Å². The lowest BCUT2D eigenvalue weighted by atomic mass is 9.80. The van der Waals surface area contributed by atoms with E-state index in [0.29, 0.717) is 6.04 Å². The van der Waals surface area contributed by atoms with E-state index in [1.165, 1.54) is 0 Å². The molecule has 0 amide bonds. The lowest BCUT2D eigenvalue weighted by Gasteiger charge is -2.34. The molecule has 1 N–H and O–H groups in total. The molecule has 0 aromatic heterocycles. The first-order chi connectivity index (χ1) is 5.64. The zero-order valence-corrected chi connectivity index (χ0v) is 7.42. The summed E-state index contributed by atoms with van der Waals surface area (Å²) in [4.78, 5) is 13.3. The molecule has 68 valence electrons. The van der Waals surface area contributed by atoms with Gasteiger partial charge in [-0.2, -0.15) is 0 Å². The molecular weight excluding hydrogens is 154 g/mol. The van der Waals surface area contributed by atoms with E-state index in [1.807, 2.05) is 0 Å². The molecule has 2 aliphatic rings. The van der Waals surface area contributed by atoms with Crippen molar-refractivity contribution in [1.82, 2.24) is 4.90 Å². The number of carboxylic acid groups (broad SMARTS) is 1. The minimum atomic E-state index is -0.586. The van der Waals surface area contributed by atoms with Crippen LogP contribution in [-0.4, -0.2) is 35.1 Å². The Hall–Kier alpha value is -0.570. The molecule has 0 saturated carbocycles. The molecule has 2 saturated heterocycles. The van der Waals surface area contributed by atoms with Crippen LogP contribution in [-0.2, 0) is 4.79 Å². The highest BCUT2D eigenvalue weighted by Gasteiger charge is 2.48. The van der Waals surface area contributed by atoms with Gasteiger partial charge in [0.25, 0.3) is 0 Å². The van der Waals surface area contributed by atoms with Crippen molar-refractivity contribution in [3.63, 3.8) is 0 Å². The smallest absolute Gasteiger partial charge is 0.310 e. The molecule has 0 spiro atoms. The van der Waals surface area contributed by atoms with Crippen LogP contribution in [0.3, 0.4) is 0 Å². The summed E-state index contributed by atoms with van der Waals surface area (Å²) in [5, 5.41) is 9.08. The average Bonchev–Trinajstić information content (AvgIpc) is 2.40. The highest BCUT2D eigenvalue weighted by atomic mass is 16.4. The summed E-state index contributed by atoms with van der Waals surface area (Å²) >= 11 is 0. The zero-order chi connectivity index (χ0) is 8.77. The zero-order valence-electron chi connectivity index (χ0n) is 7.42. The third-order valence-corrected chi connectivity index (χ3v) is 3.50. The molecule has 0 aliphatic carbocycles. The van der Waals surface area contributed by atoms with Crippen molar-refractivity contribution in [3.05, 3.63) is 0 Å². The summed E-state index contributed by atoms with van der Waals surface area (Å²) in [5.41, 5.74) is -0.382. The predicted octanol–water partition coefficient (Wildman–Crippen LogP) is 0.945. The molecule has 0 aromatic rings. The highest BCUT2D eigenvalue weighted by Crippen LogP contribution is 2.41. The molecule has 0 radical (unpaired) electrons. The predicted molar refractivity (Wildman–Crippen MR) is 45.0 cm³/mol. The number of aliphatic carboxylic acids is 1. The second-order valence-electron chi connectivity index (χ2n) is 4.19. The fourth-order valence-electron chi connectivity index (χ4n) is 2.43. The molecule has 0 aromatic carbocycles. The van der Waals surface area contributed by atoms with Crippen molar-refractivity contribution in [1.29, 1.82) is 0 Å². The molecule has 3 nitrogen and oxygen atoms in total. The molecule has 3 heteroatoms. The van der Waals surface area contributed by atoms with Crippen LogP contribution in [0.25, 0.3) is 0 Å². The largest absolute Gasteiger partial charge is 0.481 e. The van der Waals surface area contributed by atoms with E-state index in [4.69, 9.17) is 5.11 Å². The number of hydrogen-bond donors (Lipinski definition) is 1. The van der Waals surface area contributed by atoms with Crippen molar-refractivity contribution >= 4 is 5.97 Å². The summed E-state index contributed by atoms with van der Waals surface area (Å²) in [7, 11) is 0. The number of carboxylic acids is 1. The van der Waals surface area contributed by atoms with Gasteiger partial charge in [-0.15, -0.1) is 0 Å². The summed E-state index contributed by atoms with van der Waals surface area (Å²) in [5.74, 6) is -0.586. The maximum atomic E-state index is 11.0. The second kappa shape index (κ2) is 2.46. The normalized spacial score (nSPS) is 46.1. The summed E-state index contributed by atoms with van der Waals surface area (Å²) in [6, 6.07) is 0.597. The number of piperidine rings is 1. The second-order valence-corrected chi connectivity index (χ2v) is 4.19. The summed E-state index contributed by atoms with van der Waals surface area (Å²) in [6.07, 6.45) is 2.78. The van der Waals surface area contributed by atoms with Crippen LogP contribution < -0.4 is 0 Å². The molecule has 3 atom stereocenters. The van der Waals surface area contributed by atoms with Gasteiger partial charge in [0.15, 0.2) is 0 Å². The first kappa shape index (κ1) is 8.05. The van der Waals surface area contributed by atoms with Gasteiger partial charge in [-0.05, 0) is 32.7 Å². The minimum absolute atomic E-state index is 0.382. The lowest BCUT2D eigenvalue weighted by molar-refractivity contribution is -0.150. The topological polar surface area (TPSA) is 40.5 Å². The van der Waals surface area contributed by atoms with Gasteiger partial charge in [-0.25, -0.2) is 0 Å². The maximum Gasteiger partial charge on any atom is 0.310 e. The molecule has 12 heavy (non-hydrogen) atoms. The SMILES string of the molecule is CC1CCC2(C(=O)O)CCN1C2. The molecule has 2 rings (SSSR count). The van der Waals surface area contributed by atoms with Gasteiger partial charge in [0.1, 0.15) is 0 Å². The monoisotopic (exact) mass is 169 g/mol. The van der Waals surface area contributed by atoms with Gasteiger partial charge < -0.3 is 5.11 Å². The van der Waals surface area contributed by atoms with E-state index in [1.54, 1.807) is 0 Å². The van der Waals surface area contributed by atoms with Gasteiger partial charge in [0, 0.05) is 12.6 Å². The Balaban J connectivity index is 2.18. The molecule has 3 unspecified atom stereocenters. The molecular formula is C9H15NO2. The van der Waals surface area contributed by atoms with Gasteiger partial charge in [0.05, 0.1) is 5.41 Å². The van der Waals surface area contributed by atoms with Gasteiger partial charge in [-0.3, -0.25) is 9.69 Å². The van der Waals surface area contributed by atoms with E-state index in [0.717, 1.165) is 32.4 Å². The summed E-state index contributed by atoms with van der Waals surface area (Å²) < 4.78 is 0. The van der Waals surface area contributed by atoms with Crippen LogP contribution in [0.2, 0.25) is 0 Å². The van der Waals surface area contributed by atoms with Crippen molar-refractivity contribution in [2.24, 2.45) is 5.41 Å². The van der Waals surface area contributed by atoms with Crippen molar-refractivity contribution in [3.8, 4) is 0 Å². The molecule has 2 fully saturated rings. The maximum absolute atomic E-state index is 11.0. The van der Waals surface area contributed by atoms with Crippen LogP contribution in [0.1, 0.15) is 26.2 Å². The molecule has 2 heterocycles. The first-order valence-corrected chi connectivity index (χ1v) is 4.61. The average molecular weight is 169 g/mol. The number of rotatable bonds is 1. The minimum Gasteiger partial charge on any atom is -0.481 e. The Morgan fingerprint density at radius 3 is 3.00 bits per heavy atom. The Kier molecular flexibility index (Phi) is 1.65. The third kappa shape index (κ3) is 0.959. The highest BCUT2D eigenvalue weighted by molar-refractivity contribution is 5.75. The van der Waals surface area contributed by atoms with Crippen molar-refractivity contribution in [2.45, 2.75) is 32.2 Å². The fraction of sp³-hybridized carbons (Fsp3) is 0.889. The van der Waals surface area contributed by atoms with E-state index < -0.39 is 5.97 Å². The standard InChI is InChI=1S/C9H15NO2/c1-7-2-3-9(8(11)12)4-5-10(7)6-9/h7H,2-6H2,1H3,(H,11,12). The number of carbonyl (C=O) groups is 1. The molecule has 2 aliphatic heterocycles. The summed E-state index contributed by atoms with van der Waals surface area (Å²) in [6.45, 7) is 3.95. The van der Waals surface area contributed by atoms with Crippen LogP contribution in [0.5, 0.6) is 0 Å². The van der Waals surface area contributed by atoms with Crippen LogP contribution in [0, 0.1) is 5.41 Å². The van der Waals surface area contributed by atoms with E-state index in [-0.39, 0.29) is 5.41 Å². The third-order valence-electron chi connectivity index (χ3n) is 3.50. The Bertz CT molecular complexity index is 217. The van der Waals surface area contributed by atoms with E-state index in [9.17, 15) is 4.79 Å². The van der Waals surface area contributed by atoms with Crippen LogP contribution in [0.15, 0.2) is 0 Å². The number of hydrogen-bond acceptors (Lipinski definition) is 2. The van der Waals surface area contributed by atoms with E-state index in [2.05, 4.69) is 11.8 Å². The first-order valence-electron chi connectivity index (χ1n) is 4.61.